The van der Waals surface area contributed by atoms with Crippen LogP contribution < -0.4 is 5.73 Å². The SMILES string of the molecule is C=CCc1ccccc1C(=O)SCCc1ccccc1N. The Morgan fingerprint density at radius 2 is 1.76 bits per heavy atom. The minimum atomic E-state index is 0.113. The predicted octanol–water partition coefficient (Wildman–Crippen LogP) is 4.11. The molecular weight excluding hydrogens is 278 g/mol. The van der Waals surface area contributed by atoms with Crippen molar-refractivity contribution in [3.8, 4) is 0 Å². The Labute approximate surface area is 130 Å². The molecule has 2 aromatic rings. The maximum absolute atomic E-state index is 12.3. The van der Waals surface area contributed by atoms with Gasteiger partial charge in [-0.05, 0) is 30.0 Å². The molecular formula is C18H19NOS. The van der Waals surface area contributed by atoms with Gasteiger partial charge in [0.05, 0.1) is 0 Å². The van der Waals surface area contributed by atoms with Crippen LogP contribution >= 0.6 is 11.8 Å². The number of thioether (sulfide) groups is 1. The van der Waals surface area contributed by atoms with Gasteiger partial charge in [0.1, 0.15) is 0 Å². The first kappa shape index (κ1) is 15.4. The fourth-order valence-electron chi connectivity index (χ4n) is 2.15. The first-order valence-corrected chi connectivity index (χ1v) is 7.90. The molecule has 2 aromatic carbocycles. The van der Waals surface area contributed by atoms with Crippen LogP contribution in [0.25, 0.3) is 0 Å². The summed E-state index contributed by atoms with van der Waals surface area (Å²) in [6, 6.07) is 15.5. The molecule has 0 unspecified atom stereocenters. The number of carbonyl (C=O) groups excluding carboxylic acids is 1. The number of para-hydroxylation sites is 1. The van der Waals surface area contributed by atoms with E-state index in [2.05, 4.69) is 6.58 Å². The topological polar surface area (TPSA) is 43.1 Å². The highest BCUT2D eigenvalue weighted by Crippen LogP contribution is 2.20. The quantitative estimate of drug-likeness (QED) is 0.644. The van der Waals surface area contributed by atoms with Crippen molar-refractivity contribution < 1.29 is 4.79 Å². The Hall–Kier alpha value is -2.00. The molecule has 0 aliphatic rings. The van der Waals surface area contributed by atoms with Gasteiger partial charge in [-0.15, -0.1) is 6.58 Å². The summed E-state index contributed by atoms with van der Waals surface area (Å²) in [6.45, 7) is 3.74. The van der Waals surface area contributed by atoms with Crippen molar-refractivity contribution in [2.75, 3.05) is 11.5 Å². The van der Waals surface area contributed by atoms with Crippen LogP contribution in [0, 0.1) is 0 Å². The zero-order chi connectivity index (χ0) is 15.1. The largest absolute Gasteiger partial charge is 0.399 e. The summed E-state index contributed by atoms with van der Waals surface area (Å²) in [7, 11) is 0. The molecule has 0 fully saturated rings. The second-order valence-corrected chi connectivity index (χ2v) is 5.80. The molecule has 2 N–H and O–H groups in total. The van der Waals surface area contributed by atoms with E-state index in [0.29, 0.717) is 6.42 Å². The highest BCUT2D eigenvalue weighted by molar-refractivity contribution is 8.14. The van der Waals surface area contributed by atoms with Crippen LogP contribution in [0.1, 0.15) is 21.5 Å². The van der Waals surface area contributed by atoms with Gasteiger partial charge in [-0.3, -0.25) is 4.79 Å². The van der Waals surface area contributed by atoms with E-state index in [1.165, 1.54) is 11.8 Å². The zero-order valence-corrected chi connectivity index (χ0v) is 12.7. The van der Waals surface area contributed by atoms with E-state index in [1.807, 2.05) is 54.6 Å². The van der Waals surface area contributed by atoms with Crippen LogP contribution in [0.5, 0.6) is 0 Å². The van der Waals surface area contributed by atoms with Crippen LogP contribution in [-0.2, 0) is 12.8 Å². The monoisotopic (exact) mass is 297 g/mol. The molecule has 0 atom stereocenters. The predicted molar refractivity (Wildman–Crippen MR) is 91.7 cm³/mol. The number of hydrogen-bond donors (Lipinski definition) is 1. The Morgan fingerprint density at radius 1 is 1.10 bits per heavy atom. The van der Waals surface area contributed by atoms with Gasteiger partial charge < -0.3 is 5.73 Å². The number of anilines is 1. The number of carbonyl (C=O) groups is 1. The van der Waals surface area contributed by atoms with Crippen LogP contribution in [0.2, 0.25) is 0 Å². The minimum absolute atomic E-state index is 0.113. The van der Waals surface area contributed by atoms with Gasteiger partial charge in [0.15, 0.2) is 0 Å². The third-order valence-corrected chi connectivity index (χ3v) is 4.15. The molecule has 21 heavy (non-hydrogen) atoms. The summed E-state index contributed by atoms with van der Waals surface area (Å²) in [5.41, 5.74) is 9.60. The highest BCUT2D eigenvalue weighted by atomic mass is 32.2. The Morgan fingerprint density at radius 3 is 2.48 bits per heavy atom. The lowest BCUT2D eigenvalue weighted by atomic mass is 10.1. The third kappa shape index (κ3) is 4.23. The number of hydrogen-bond acceptors (Lipinski definition) is 3. The van der Waals surface area contributed by atoms with Crippen molar-refractivity contribution in [2.24, 2.45) is 0 Å². The lowest BCUT2D eigenvalue weighted by Crippen LogP contribution is -2.02. The van der Waals surface area contributed by atoms with Gasteiger partial charge in [0.2, 0.25) is 5.12 Å². The third-order valence-electron chi connectivity index (χ3n) is 3.26. The van der Waals surface area contributed by atoms with Crippen molar-refractivity contribution in [3.05, 3.63) is 77.9 Å². The van der Waals surface area contributed by atoms with Crippen LogP contribution in [0.4, 0.5) is 5.69 Å². The van der Waals surface area contributed by atoms with Crippen molar-refractivity contribution in [3.63, 3.8) is 0 Å². The fraction of sp³-hybridized carbons (Fsp3) is 0.167. The summed E-state index contributed by atoms with van der Waals surface area (Å²) >= 11 is 1.34. The Balaban J connectivity index is 1.96. The molecule has 0 saturated carbocycles. The molecule has 2 nitrogen and oxygen atoms in total. The van der Waals surface area contributed by atoms with Crippen LogP contribution in [0.3, 0.4) is 0 Å². The highest BCUT2D eigenvalue weighted by Gasteiger charge is 2.10. The van der Waals surface area contributed by atoms with Crippen molar-refractivity contribution >= 4 is 22.6 Å². The molecule has 2 rings (SSSR count). The number of benzene rings is 2. The lowest BCUT2D eigenvalue weighted by molar-refractivity contribution is 0.108. The van der Waals surface area contributed by atoms with E-state index in [-0.39, 0.29) is 5.12 Å². The number of nitrogen functional groups attached to an aromatic ring is 1. The second kappa shape index (κ2) is 7.70. The first-order valence-electron chi connectivity index (χ1n) is 6.91. The molecule has 0 amide bonds. The summed E-state index contributed by atoms with van der Waals surface area (Å²) in [4.78, 5) is 12.3. The molecule has 108 valence electrons. The zero-order valence-electron chi connectivity index (χ0n) is 11.9. The lowest BCUT2D eigenvalue weighted by Gasteiger charge is -2.07. The standard InChI is InChI=1S/C18H19NOS/c1-2-7-14-8-3-5-10-16(14)18(20)21-13-12-15-9-4-6-11-17(15)19/h2-6,8-11H,1,7,12-13,19H2. The number of rotatable bonds is 6. The van der Waals surface area contributed by atoms with E-state index in [1.54, 1.807) is 0 Å². The molecule has 0 aliphatic carbocycles. The van der Waals surface area contributed by atoms with Gasteiger partial charge >= 0.3 is 0 Å². The average Bonchev–Trinajstić information content (AvgIpc) is 2.50. The second-order valence-electron chi connectivity index (χ2n) is 4.73. The fourth-order valence-corrected chi connectivity index (χ4v) is 3.01. The van der Waals surface area contributed by atoms with Gasteiger partial charge in [-0.2, -0.15) is 0 Å². The number of nitrogens with two attached hydrogens (primary N) is 1. The molecule has 0 heterocycles. The van der Waals surface area contributed by atoms with Crippen molar-refractivity contribution in [2.45, 2.75) is 12.8 Å². The number of aryl methyl sites for hydroxylation is 1. The van der Waals surface area contributed by atoms with E-state index in [4.69, 9.17) is 5.73 Å². The normalized spacial score (nSPS) is 10.3. The van der Waals surface area contributed by atoms with E-state index >= 15 is 0 Å². The maximum atomic E-state index is 12.3. The smallest absolute Gasteiger partial charge is 0.219 e. The van der Waals surface area contributed by atoms with E-state index in [9.17, 15) is 4.79 Å². The molecule has 0 bridgehead atoms. The van der Waals surface area contributed by atoms with Crippen LogP contribution in [-0.4, -0.2) is 10.9 Å². The molecule has 0 spiro atoms. The number of allylic oxidation sites excluding steroid dienone is 1. The summed E-state index contributed by atoms with van der Waals surface area (Å²) in [5, 5.41) is 0.113. The average molecular weight is 297 g/mol. The summed E-state index contributed by atoms with van der Waals surface area (Å²) < 4.78 is 0. The molecule has 0 aromatic heterocycles. The minimum Gasteiger partial charge on any atom is -0.399 e. The molecule has 0 aliphatic heterocycles. The van der Waals surface area contributed by atoms with Gasteiger partial charge in [0.25, 0.3) is 0 Å². The first-order chi connectivity index (χ1) is 10.2. The van der Waals surface area contributed by atoms with E-state index < -0.39 is 0 Å². The van der Waals surface area contributed by atoms with Gasteiger partial charge in [0, 0.05) is 17.0 Å². The summed E-state index contributed by atoms with van der Waals surface area (Å²) in [5.74, 6) is 0.732. The van der Waals surface area contributed by atoms with Gasteiger partial charge in [-0.1, -0.05) is 60.3 Å². The van der Waals surface area contributed by atoms with Crippen LogP contribution in [0.15, 0.2) is 61.2 Å². The Bertz CT molecular complexity index is 637. The Kier molecular flexibility index (Phi) is 5.64. The molecule has 0 saturated heterocycles. The molecule has 0 radical (unpaired) electrons. The maximum Gasteiger partial charge on any atom is 0.219 e. The molecule has 3 heteroatoms. The van der Waals surface area contributed by atoms with Crippen molar-refractivity contribution in [1.29, 1.82) is 0 Å². The van der Waals surface area contributed by atoms with E-state index in [0.717, 1.165) is 34.6 Å². The van der Waals surface area contributed by atoms with Crippen molar-refractivity contribution in [1.82, 2.24) is 0 Å². The summed E-state index contributed by atoms with van der Waals surface area (Å²) in [6.07, 6.45) is 3.34. The van der Waals surface area contributed by atoms with Gasteiger partial charge in [-0.25, -0.2) is 0 Å².